The third kappa shape index (κ3) is 4.75. The first-order chi connectivity index (χ1) is 8.67. The second-order valence-corrected chi connectivity index (χ2v) is 4.42. The zero-order chi connectivity index (χ0) is 13.4. The lowest BCUT2D eigenvalue weighted by molar-refractivity contribution is -0.123. The number of rotatable bonds is 7. The van der Waals surface area contributed by atoms with Crippen LogP contribution in [0.2, 0.25) is 0 Å². The standard InChI is InChI=1S/C14H22N2O2/c1-3-11(2)9-16-14(17)10-18-13-7-5-4-6-12(13)8-15/h4-7,11H,3,8-10,15H2,1-2H3,(H,16,17). The Hall–Kier alpha value is -1.55. The summed E-state index contributed by atoms with van der Waals surface area (Å²) in [6.45, 7) is 5.34. The molecule has 1 rings (SSSR count). The number of hydrogen-bond acceptors (Lipinski definition) is 3. The van der Waals surface area contributed by atoms with Crippen LogP contribution in [-0.2, 0) is 11.3 Å². The van der Waals surface area contributed by atoms with Gasteiger partial charge in [-0.1, -0.05) is 38.5 Å². The van der Waals surface area contributed by atoms with Gasteiger partial charge < -0.3 is 15.8 Å². The van der Waals surface area contributed by atoms with Crippen molar-refractivity contribution in [3.63, 3.8) is 0 Å². The third-order valence-electron chi connectivity index (χ3n) is 2.90. The minimum atomic E-state index is -0.0953. The molecule has 1 amide bonds. The lowest BCUT2D eigenvalue weighted by Crippen LogP contribution is -2.32. The maximum absolute atomic E-state index is 11.6. The first-order valence-corrected chi connectivity index (χ1v) is 6.34. The number of amides is 1. The van der Waals surface area contributed by atoms with Crippen molar-refractivity contribution in [2.24, 2.45) is 11.7 Å². The van der Waals surface area contributed by atoms with Gasteiger partial charge in [-0.05, 0) is 12.0 Å². The highest BCUT2D eigenvalue weighted by atomic mass is 16.5. The van der Waals surface area contributed by atoms with Gasteiger partial charge in [-0.3, -0.25) is 4.79 Å². The number of ether oxygens (including phenoxy) is 1. The monoisotopic (exact) mass is 250 g/mol. The van der Waals surface area contributed by atoms with E-state index >= 15 is 0 Å². The van der Waals surface area contributed by atoms with Crippen molar-refractivity contribution >= 4 is 5.91 Å². The van der Waals surface area contributed by atoms with E-state index in [9.17, 15) is 4.79 Å². The molecular weight excluding hydrogens is 228 g/mol. The maximum Gasteiger partial charge on any atom is 0.257 e. The topological polar surface area (TPSA) is 64.3 Å². The zero-order valence-electron chi connectivity index (χ0n) is 11.1. The largest absolute Gasteiger partial charge is 0.483 e. The van der Waals surface area contributed by atoms with Crippen molar-refractivity contribution < 1.29 is 9.53 Å². The van der Waals surface area contributed by atoms with E-state index in [-0.39, 0.29) is 12.5 Å². The Morgan fingerprint density at radius 1 is 1.44 bits per heavy atom. The highest BCUT2D eigenvalue weighted by molar-refractivity contribution is 5.77. The van der Waals surface area contributed by atoms with Crippen LogP contribution in [0.25, 0.3) is 0 Å². The molecule has 0 saturated carbocycles. The average molecular weight is 250 g/mol. The van der Waals surface area contributed by atoms with Crippen LogP contribution < -0.4 is 15.8 Å². The van der Waals surface area contributed by atoms with E-state index in [1.807, 2.05) is 24.3 Å². The van der Waals surface area contributed by atoms with Crippen LogP contribution in [0.4, 0.5) is 0 Å². The fourth-order valence-electron chi connectivity index (χ4n) is 1.44. The Bertz CT molecular complexity index is 380. The van der Waals surface area contributed by atoms with Gasteiger partial charge in [-0.15, -0.1) is 0 Å². The quantitative estimate of drug-likeness (QED) is 0.774. The van der Waals surface area contributed by atoms with Gasteiger partial charge in [-0.2, -0.15) is 0 Å². The van der Waals surface area contributed by atoms with Gasteiger partial charge >= 0.3 is 0 Å². The summed E-state index contributed by atoms with van der Waals surface area (Å²) in [5.41, 5.74) is 6.50. The molecule has 100 valence electrons. The minimum absolute atomic E-state index is 0.0352. The van der Waals surface area contributed by atoms with Crippen LogP contribution in [0.15, 0.2) is 24.3 Å². The predicted molar refractivity (Wildman–Crippen MR) is 72.3 cm³/mol. The van der Waals surface area contributed by atoms with E-state index in [0.29, 0.717) is 24.8 Å². The number of carbonyl (C=O) groups is 1. The number of nitrogens with one attached hydrogen (secondary N) is 1. The minimum Gasteiger partial charge on any atom is -0.483 e. The van der Waals surface area contributed by atoms with Gasteiger partial charge in [0.15, 0.2) is 6.61 Å². The molecule has 1 unspecified atom stereocenters. The average Bonchev–Trinajstić information content (AvgIpc) is 2.42. The first kappa shape index (κ1) is 14.5. The second kappa shape index (κ2) is 7.71. The third-order valence-corrected chi connectivity index (χ3v) is 2.90. The highest BCUT2D eigenvalue weighted by Gasteiger charge is 2.06. The van der Waals surface area contributed by atoms with Gasteiger partial charge in [-0.25, -0.2) is 0 Å². The van der Waals surface area contributed by atoms with Crippen LogP contribution in [0.3, 0.4) is 0 Å². The molecule has 0 aliphatic carbocycles. The zero-order valence-corrected chi connectivity index (χ0v) is 11.1. The fourth-order valence-corrected chi connectivity index (χ4v) is 1.44. The lowest BCUT2D eigenvalue weighted by atomic mass is 10.1. The molecule has 1 atom stereocenters. The Morgan fingerprint density at radius 2 is 2.17 bits per heavy atom. The molecule has 1 aromatic rings. The summed E-state index contributed by atoms with van der Waals surface area (Å²) in [5, 5.41) is 2.85. The Labute approximate surface area is 109 Å². The molecule has 0 spiro atoms. The van der Waals surface area contributed by atoms with Crippen molar-refractivity contribution in [3.8, 4) is 5.75 Å². The Balaban J connectivity index is 2.38. The van der Waals surface area contributed by atoms with Crippen molar-refractivity contribution in [2.45, 2.75) is 26.8 Å². The molecule has 18 heavy (non-hydrogen) atoms. The normalized spacial score (nSPS) is 11.9. The van der Waals surface area contributed by atoms with Crippen LogP contribution in [0, 0.1) is 5.92 Å². The molecule has 0 aromatic heterocycles. The number of benzene rings is 1. The molecule has 0 fully saturated rings. The van der Waals surface area contributed by atoms with E-state index in [1.54, 1.807) is 0 Å². The summed E-state index contributed by atoms with van der Waals surface area (Å²) in [6, 6.07) is 7.49. The summed E-state index contributed by atoms with van der Waals surface area (Å²) in [6.07, 6.45) is 1.05. The molecule has 4 nitrogen and oxygen atoms in total. The SMILES string of the molecule is CCC(C)CNC(=O)COc1ccccc1CN. The van der Waals surface area contributed by atoms with Crippen molar-refractivity contribution in [1.29, 1.82) is 0 Å². The van der Waals surface area contributed by atoms with Crippen LogP contribution in [0.5, 0.6) is 5.75 Å². The Kier molecular flexibility index (Phi) is 6.22. The van der Waals surface area contributed by atoms with Gasteiger partial charge in [0.05, 0.1) is 0 Å². The molecule has 0 saturated heterocycles. The lowest BCUT2D eigenvalue weighted by Gasteiger charge is -2.12. The van der Waals surface area contributed by atoms with Crippen LogP contribution in [0.1, 0.15) is 25.8 Å². The number of para-hydroxylation sites is 1. The van der Waals surface area contributed by atoms with Crippen molar-refractivity contribution in [1.82, 2.24) is 5.32 Å². The van der Waals surface area contributed by atoms with Crippen molar-refractivity contribution in [2.75, 3.05) is 13.2 Å². The van der Waals surface area contributed by atoms with E-state index < -0.39 is 0 Å². The Morgan fingerprint density at radius 3 is 2.83 bits per heavy atom. The molecular formula is C14H22N2O2. The summed E-state index contributed by atoms with van der Waals surface area (Å²) in [4.78, 5) is 11.6. The number of nitrogens with two attached hydrogens (primary N) is 1. The molecule has 0 heterocycles. The van der Waals surface area contributed by atoms with Gasteiger partial charge in [0, 0.05) is 18.7 Å². The second-order valence-electron chi connectivity index (χ2n) is 4.42. The number of carbonyl (C=O) groups excluding carboxylic acids is 1. The smallest absolute Gasteiger partial charge is 0.257 e. The summed E-state index contributed by atoms with van der Waals surface area (Å²) in [5.74, 6) is 1.08. The highest BCUT2D eigenvalue weighted by Crippen LogP contribution is 2.16. The van der Waals surface area contributed by atoms with Crippen LogP contribution >= 0.6 is 0 Å². The van der Waals surface area contributed by atoms with E-state index in [0.717, 1.165) is 12.0 Å². The first-order valence-electron chi connectivity index (χ1n) is 6.34. The van der Waals surface area contributed by atoms with Crippen LogP contribution in [-0.4, -0.2) is 19.1 Å². The number of hydrogen-bond donors (Lipinski definition) is 2. The molecule has 0 radical (unpaired) electrons. The maximum atomic E-state index is 11.6. The van der Waals surface area contributed by atoms with E-state index in [1.165, 1.54) is 0 Å². The van der Waals surface area contributed by atoms with Crippen molar-refractivity contribution in [3.05, 3.63) is 29.8 Å². The predicted octanol–water partition coefficient (Wildman–Crippen LogP) is 1.69. The van der Waals surface area contributed by atoms with E-state index in [4.69, 9.17) is 10.5 Å². The van der Waals surface area contributed by atoms with Gasteiger partial charge in [0.2, 0.25) is 0 Å². The molecule has 1 aromatic carbocycles. The summed E-state index contributed by atoms with van der Waals surface area (Å²) < 4.78 is 5.46. The van der Waals surface area contributed by atoms with E-state index in [2.05, 4.69) is 19.2 Å². The molecule has 0 aliphatic rings. The van der Waals surface area contributed by atoms with Gasteiger partial charge in [0.25, 0.3) is 5.91 Å². The summed E-state index contributed by atoms with van der Waals surface area (Å²) in [7, 11) is 0. The van der Waals surface area contributed by atoms with Gasteiger partial charge in [0.1, 0.15) is 5.75 Å². The fraction of sp³-hybridized carbons (Fsp3) is 0.500. The molecule has 4 heteroatoms. The molecule has 0 bridgehead atoms. The molecule has 3 N–H and O–H groups in total. The molecule has 0 aliphatic heterocycles. The summed E-state index contributed by atoms with van der Waals surface area (Å²) >= 11 is 0.